The third-order valence-corrected chi connectivity index (χ3v) is 7.69. The summed E-state index contributed by atoms with van der Waals surface area (Å²) in [5.74, 6) is -1.99. The average Bonchev–Trinajstić information content (AvgIpc) is 3.58. The van der Waals surface area contributed by atoms with E-state index >= 15 is 0 Å². The maximum Gasteiger partial charge on any atom is 0.350 e. The summed E-state index contributed by atoms with van der Waals surface area (Å²) in [6.07, 6.45) is 1.71. The number of fused-ring (bicyclic) bond motifs is 1. The number of nitrogens with zero attached hydrogens (tertiary/aromatic N) is 4. The maximum absolute atomic E-state index is 13.7. The largest absolute Gasteiger partial charge is 0.505 e. The number of imidazole rings is 1. The molecule has 0 aliphatic carbocycles. The first-order chi connectivity index (χ1) is 19.2. The van der Waals surface area contributed by atoms with E-state index in [2.05, 4.69) is 9.97 Å². The summed E-state index contributed by atoms with van der Waals surface area (Å²) in [5, 5.41) is 11.8. The van der Waals surface area contributed by atoms with Crippen molar-refractivity contribution in [1.82, 2.24) is 14.4 Å². The Morgan fingerprint density at radius 1 is 1.05 bits per heavy atom. The van der Waals surface area contributed by atoms with Gasteiger partial charge in [0.15, 0.2) is 22.4 Å². The van der Waals surface area contributed by atoms with Gasteiger partial charge in [-0.2, -0.15) is 0 Å². The van der Waals surface area contributed by atoms with E-state index in [0.29, 0.717) is 34.1 Å². The smallest absolute Gasteiger partial charge is 0.350 e. The molecule has 12 heteroatoms. The van der Waals surface area contributed by atoms with E-state index in [0.717, 1.165) is 11.3 Å². The lowest BCUT2D eigenvalue weighted by molar-refractivity contribution is -0.132. The molecule has 11 nitrogen and oxygen atoms in total. The number of ketones is 1. The first-order valence-corrected chi connectivity index (χ1v) is 13.1. The number of pyridine rings is 1. The van der Waals surface area contributed by atoms with Crippen molar-refractivity contribution < 1.29 is 33.7 Å². The molecule has 5 rings (SSSR count). The highest BCUT2D eigenvalue weighted by Gasteiger charge is 2.49. The minimum Gasteiger partial charge on any atom is -0.505 e. The number of amides is 1. The highest BCUT2D eigenvalue weighted by molar-refractivity contribution is 7.17. The van der Waals surface area contributed by atoms with Crippen molar-refractivity contribution in [2.75, 3.05) is 25.7 Å². The lowest BCUT2D eigenvalue weighted by atomic mass is 9.96. The summed E-state index contributed by atoms with van der Waals surface area (Å²) in [7, 11) is 2.96. The summed E-state index contributed by atoms with van der Waals surface area (Å²) < 4.78 is 17.6. The summed E-state index contributed by atoms with van der Waals surface area (Å²) >= 11 is 0.933. The Bertz CT molecular complexity index is 1700. The van der Waals surface area contributed by atoms with Gasteiger partial charge in [0.05, 0.1) is 43.8 Å². The van der Waals surface area contributed by atoms with Gasteiger partial charge in [-0.1, -0.05) is 23.5 Å². The summed E-state index contributed by atoms with van der Waals surface area (Å²) in [5.41, 5.74) is 1.96. The van der Waals surface area contributed by atoms with E-state index in [4.69, 9.17) is 14.2 Å². The third kappa shape index (κ3) is 4.26. The van der Waals surface area contributed by atoms with E-state index in [9.17, 15) is 19.5 Å². The van der Waals surface area contributed by atoms with Crippen molar-refractivity contribution in [2.45, 2.75) is 26.8 Å². The molecule has 206 valence electrons. The number of aryl methyl sites for hydroxylation is 2. The number of benzene rings is 1. The zero-order chi connectivity index (χ0) is 28.7. The van der Waals surface area contributed by atoms with Crippen molar-refractivity contribution in [3.05, 3.63) is 75.7 Å². The highest BCUT2D eigenvalue weighted by atomic mass is 32.1. The lowest BCUT2D eigenvalue weighted by Crippen LogP contribution is -2.29. The monoisotopic (exact) mass is 562 g/mol. The van der Waals surface area contributed by atoms with E-state index in [1.807, 2.05) is 0 Å². The standard InChI is InChI=1S/C28H26N4O7S/c1-6-39-27(36)25-15(3)30-28(40-25)32-22(16-10-11-17(37-4)18(13-16)38-5)20(24(34)26(32)35)23(33)21-14(2)29-19-9-7-8-12-31(19)21/h7-13,22,33H,6H2,1-5H3. The maximum atomic E-state index is 13.7. The SMILES string of the molecule is CCOC(=O)c1sc(N2C(=O)C(=O)C(=C(O)c3c(C)nc4ccccn34)C2c2ccc(OC)c(OC)c2)nc1C. The van der Waals surface area contributed by atoms with Gasteiger partial charge < -0.3 is 19.3 Å². The number of hydrogen-bond acceptors (Lipinski definition) is 10. The second kappa shape index (κ2) is 10.5. The third-order valence-electron chi connectivity index (χ3n) is 6.55. The molecule has 0 radical (unpaired) electrons. The van der Waals surface area contributed by atoms with Crippen LogP contribution in [0.1, 0.15) is 45.3 Å². The second-order valence-electron chi connectivity index (χ2n) is 8.89. The molecular weight excluding hydrogens is 536 g/mol. The highest BCUT2D eigenvalue weighted by Crippen LogP contribution is 2.45. The van der Waals surface area contributed by atoms with Crippen LogP contribution in [0.4, 0.5) is 5.13 Å². The number of anilines is 1. The Hall–Kier alpha value is -4.71. The molecule has 1 fully saturated rings. The summed E-state index contributed by atoms with van der Waals surface area (Å²) in [6.45, 7) is 5.18. The van der Waals surface area contributed by atoms with Gasteiger partial charge in [0.1, 0.15) is 16.2 Å². The van der Waals surface area contributed by atoms with Gasteiger partial charge in [0.25, 0.3) is 5.78 Å². The van der Waals surface area contributed by atoms with Crippen molar-refractivity contribution in [3.63, 3.8) is 0 Å². The molecule has 3 aromatic heterocycles. The molecule has 1 saturated heterocycles. The van der Waals surface area contributed by atoms with Gasteiger partial charge >= 0.3 is 11.9 Å². The fourth-order valence-electron chi connectivity index (χ4n) is 4.77. The predicted molar refractivity (Wildman–Crippen MR) is 147 cm³/mol. The zero-order valence-electron chi connectivity index (χ0n) is 22.4. The van der Waals surface area contributed by atoms with Crippen LogP contribution in [0.15, 0.2) is 48.2 Å². The normalized spacial score (nSPS) is 16.5. The number of esters is 1. The summed E-state index contributed by atoms with van der Waals surface area (Å²) in [4.78, 5) is 50.1. The number of aliphatic hydroxyl groups excluding tert-OH is 1. The zero-order valence-corrected chi connectivity index (χ0v) is 23.2. The van der Waals surface area contributed by atoms with Crippen molar-refractivity contribution in [2.24, 2.45) is 0 Å². The number of hydrogen-bond donors (Lipinski definition) is 1. The molecule has 1 aromatic carbocycles. The van der Waals surface area contributed by atoms with Gasteiger partial charge in [-0.05, 0) is 50.6 Å². The Kier molecular flexibility index (Phi) is 7.03. The van der Waals surface area contributed by atoms with Gasteiger partial charge in [-0.3, -0.25) is 18.9 Å². The molecular formula is C28H26N4O7S. The summed E-state index contributed by atoms with van der Waals surface area (Å²) in [6, 6.07) is 9.18. The number of carbonyl (C=O) groups excluding carboxylic acids is 3. The number of aliphatic hydroxyl groups is 1. The Morgan fingerprint density at radius 2 is 1.80 bits per heavy atom. The number of rotatable bonds is 7. The molecule has 4 aromatic rings. The van der Waals surface area contributed by atoms with E-state index in [-0.39, 0.29) is 27.9 Å². The van der Waals surface area contributed by atoms with Crippen molar-refractivity contribution in [1.29, 1.82) is 0 Å². The van der Waals surface area contributed by atoms with Crippen molar-refractivity contribution in [3.8, 4) is 11.5 Å². The van der Waals surface area contributed by atoms with Crippen LogP contribution in [-0.2, 0) is 14.3 Å². The van der Waals surface area contributed by atoms with E-state index < -0.39 is 29.5 Å². The molecule has 1 N–H and O–H groups in total. The van der Waals surface area contributed by atoms with Crippen LogP contribution in [0.3, 0.4) is 0 Å². The van der Waals surface area contributed by atoms with Crippen LogP contribution < -0.4 is 14.4 Å². The van der Waals surface area contributed by atoms with Gasteiger partial charge in [0.2, 0.25) is 0 Å². The molecule has 0 saturated carbocycles. The number of aromatic nitrogens is 3. The van der Waals surface area contributed by atoms with E-state index in [1.54, 1.807) is 67.8 Å². The van der Waals surface area contributed by atoms with Crippen LogP contribution in [0.2, 0.25) is 0 Å². The first-order valence-electron chi connectivity index (χ1n) is 12.3. The fourth-order valence-corrected chi connectivity index (χ4v) is 5.75. The molecule has 0 spiro atoms. The van der Waals surface area contributed by atoms with Gasteiger partial charge in [-0.15, -0.1) is 0 Å². The minimum absolute atomic E-state index is 0.108. The van der Waals surface area contributed by atoms with Crippen molar-refractivity contribution >= 4 is 45.5 Å². The number of methoxy groups -OCH3 is 2. The van der Waals surface area contributed by atoms with Crippen LogP contribution in [-0.4, -0.2) is 58.0 Å². The molecule has 1 aliphatic rings. The Labute approximate surface area is 233 Å². The topological polar surface area (TPSA) is 133 Å². The molecule has 40 heavy (non-hydrogen) atoms. The van der Waals surface area contributed by atoms with Crippen LogP contribution in [0, 0.1) is 13.8 Å². The first kappa shape index (κ1) is 26.9. The number of carbonyl (C=O) groups is 3. The Balaban J connectivity index is 1.77. The Morgan fingerprint density at radius 3 is 2.50 bits per heavy atom. The van der Waals surface area contributed by atoms with Crippen LogP contribution >= 0.6 is 11.3 Å². The number of Topliss-reactive ketones (excluding diaryl/α,β-unsaturated/α-hetero) is 1. The van der Waals surface area contributed by atoms with Gasteiger partial charge in [0, 0.05) is 6.20 Å². The average molecular weight is 563 g/mol. The van der Waals surface area contributed by atoms with Gasteiger partial charge in [-0.25, -0.2) is 14.8 Å². The number of ether oxygens (including phenoxy) is 3. The molecule has 1 amide bonds. The second-order valence-corrected chi connectivity index (χ2v) is 9.87. The quantitative estimate of drug-likeness (QED) is 0.152. The van der Waals surface area contributed by atoms with Crippen LogP contribution in [0.5, 0.6) is 11.5 Å². The molecule has 0 bridgehead atoms. The molecule has 1 unspecified atom stereocenters. The molecule has 1 atom stereocenters. The minimum atomic E-state index is -1.10. The lowest BCUT2D eigenvalue weighted by Gasteiger charge is -2.23. The van der Waals surface area contributed by atoms with E-state index in [1.165, 1.54) is 19.1 Å². The predicted octanol–water partition coefficient (Wildman–Crippen LogP) is 4.23. The number of thiazole rings is 1. The molecule has 4 heterocycles. The molecule has 1 aliphatic heterocycles. The van der Waals surface area contributed by atoms with Crippen LogP contribution in [0.25, 0.3) is 11.4 Å². The fraction of sp³-hybridized carbons (Fsp3) is 0.250.